The van der Waals surface area contributed by atoms with Gasteiger partial charge in [-0.2, -0.15) is 0 Å². The number of anilines is 2. The lowest BCUT2D eigenvalue weighted by Crippen LogP contribution is -2.04. The summed E-state index contributed by atoms with van der Waals surface area (Å²) in [7, 11) is 0. The molecule has 2 N–H and O–H groups in total. The number of nitro groups is 1. The standard InChI is InChI=1S/C15H14N2O4/c1-9-3-4-11(7-10(9)2)16-14-6-5-12(17(20)21)8-13(14)15(18)19/h3-8,16H,1-2H3,(H,18,19). The van der Waals surface area contributed by atoms with E-state index in [-0.39, 0.29) is 11.3 Å². The minimum absolute atomic E-state index is 0.137. The van der Waals surface area contributed by atoms with Gasteiger partial charge in [-0.3, -0.25) is 10.1 Å². The minimum atomic E-state index is -1.22. The van der Waals surface area contributed by atoms with Crippen molar-refractivity contribution >= 4 is 23.0 Å². The van der Waals surface area contributed by atoms with E-state index in [4.69, 9.17) is 0 Å². The van der Waals surface area contributed by atoms with Crippen LogP contribution in [0.25, 0.3) is 0 Å². The summed E-state index contributed by atoms with van der Waals surface area (Å²) >= 11 is 0. The number of nitrogens with zero attached hydrogens (tertiary/aromatic N) is 1. The lowest BCUT2D eigenvalue weighted by atomic mass is 10.1. The number of aryl methyl sites for hydroxylation is 2. The fourth-order valence-corrected chi connectivity index (χ4v) is 1.91. The van der Waals surface area contributed by atoms with E-state index in [2.05, 4.69) is 5.32 Å². The molecule has 6 nitrogen and oxygen atoms in total. The first-order valence-corrected chi connectivity index (χ1v) is 6.24. The molecule has 0 heterocycles. The molecular weight excluding hydrogens is 272 g/mol. The molecule has 2 aromatic carbocycles. The van der Waals surface area contributed by atoms with Gasteiger partial charge in [0.2, 0.25) is 0 Å². The summed E-state index contributed by atoms with van der Waals surface area (Å²) in [5, 5.41) is 22.9. The van der Waals surface area contributed by atoms with E-state index in [1.165, 1.54) is 12.1 Å². The van der Waals surface area contributed by atoms with Gasteiger partial charge in [-0.25, -0.2) is 4.79 Å². The summed E-state index contributed by atoms with van der Waals surface area (Å²) in [6.07, 6.45) is 0. The number of carbonyl (C=O) groups is 1. The number of hydrogen-bond acceptors (Lipinski definition) is 4. The van der Waals surface area contributed by atoms with Crippen LogP contribution in [0.4, 0.5) is 17.1 Å². The van der Waals surface area contributed by atoms with Crippen molar-refractivity contribution in [1.82, 2.24) is 0 Å². The monoisotopic (exact) mass is 286 g/mol. The van der Waals surface area contributed by atoms with Gasteiger partial charge in [0.1, 0.15) is 0 Å². The van der Waals surface area contributed by atoms with Crippen LogP contribution in [0.5, 0.6) is 0 Å². The highest BCUT2D eigenvalue weighted by molar-refractivity contribution is 5.96. The second-order valence-corrected chi connectivity index (χ2v) is 4.72. The van der Waals surface area contributed by atoms with Crippen LogP contribution in [-0.4, -0.2) is 16.0 Å². The van der Waals surface area contributed by atoms with Crippen molar-refractivity contribution in [2.75, 3.05) is 5.32 Å². The fourth-order valence-electron chi connectivity index (χ4n) is 1.91. The van der Waals surface area contributed by atoms with Crippen LogP contribution in [0.1, 0.15) is 21.5 Å². The van der Waals surface area contributed by atoms with Crippen LogP contribution < -0.4 is 5.32 Å². The van der Waals surface area contributed by atoms with Crippen molar-refractivity contribution in [3.05, 3.63) is 63.2 Å². The molecule has 0 spiro atoms. The van der Waals surface area contributed by atoms with Gasteiger partial charge in [0.05, 0.1) is 16.2 Å². The molecule has 0 aliphatic rings. The van der Waals surface area contributed by atoms with Crippen molar-refractivity contribution in [2.45, 2.75) is 13.8 Å². The molecule has 0 radical (unpaired) electrons. The Morgan fingerprint density at radius 3 is 2.43 bits per heavy atom. The summed E-state index contributed by atoms with van der Waals surface area (Å²) in [4.78, 5) is 21.3. The molecule has 0 saturated carbocycles. The predicted molar refractivity (Wildman–Crippen MR) is 79.3 cm³/mol. The minimum Gasteiger partial charge on any atom is -0.478 e. The topological polar surface area (TPSA) is 92.5 Å². The number of rotatable bonds is 4. The molecule has 6 heteroatoms. The molecule has 0 bridgehead atoms. The Balaban J connectivity index is 2.41. The van der Waals surface area contributed by atoms with E-state index < -0.39 is 10.9 Å². The Hall–Kier alpha value is -2.89. The van der Waals surface area contributed by atoms with Gasteiger partial charge in [-0.05, 0) is 43.2 Å². The van der Waals surface area contributed by atoms with Gasteiger partial charge in [-0.15, -0.1) is 0 Å². The molecule has 2 rings (SSSR count). The van der Waals surface area contributed by atoms with Crippen LogP contribution in [0.3, 0.4) is 0 Å². The number of benzene rings is 2. The maximum Gasteiger partial charge on any atom is 0.338 e. The van der Waals surface area contributed by atoms with E-state index in [1.807, 2.05) is 32.0 Å². The summed E-state index contributed by atoms with van der Waals surface area (Å²) in [5.74, 6) is -1.22. The number of non-ortho nitro benzene ring substituents is 1. The SMILES string of the molecule is Cc1ccc(Nc2ccc([N+](=O)[O-])cc2C(=O)O)cc1C. The van der Waals surface area contributed by atoms with Crippen LogP contribution in [0.15, 0.2) is 36.4 Å². The third kappa shape index (κ3) is 3.17. The second-order valence-electron chi connectivity index (χ2n) is 4.72. The zero-order chi connectivity index (χ0) is 15.6. The van der Waals surface area contributed by atoms with E-state index >= 15 is 0 Å². The van der Waals surface area contributed by atoms with Gasteiger partial charge in [0, 0.05) is 17.8 Å². The van der Waals surface area contributed by atoms with Crippen molar-refractivity contribution in [3.63, 3.8) is 0 Å². The molecule has 0 fully saturated rings. The zero-order valence-corrected chi connectivity index (χ0v) is 11.6. The van der Waals surface area contributed by atoms with E-state index in [9.17, 15) is 20.0 Å². The van der Waals surface area contributed by atoms with Gasteiger partial charge in [0.25, 0.3) is 5.69 Å². The highest BCUT2D eigenvalue weighted by Crippen LogP contribution is 2.26. The van der Waals surface area contributed by atoms with E-state index in [0.717, 1.165) is 22.9 Å². The average Bonchev–Trinajstić information content (AvgIpc) is 2.43. The summed E-state index contributed by atoms with van der Waals surface area (Å²) in [6.45, 7) is 3.93. The molecule has 0 atom stereocenters. The van der Waals surface area contributed by atoms with Crippen molar-refractivity contribution in [2.24, 2.45) is 0 Å². The van der Waals surface area contributed by atoms with Gasteiger partial charge >= 0.3 is 5.97 Å². The average molecular weight is 286 g/mol. The van der Waals surface area contributed by atoms with E-state index in [0.29, 0.717) is 5.69 Å². The third-order valence-electron chi connectivity index (χ3n) is 3.23. The smallest absolute Gasteiger partial charge is 0.338 e. The largest absolute Gasteiger partial charge is 0.478 e. The number of aromatic carboxylic acids is 1. The molecule has 0 aliphatic carbocycles. The number of nitro benzene ring substituents is 1. The highest BCUT2D eigenvalue weighted by Gasteiger charge is 2.16. The van der Waals surface area contributed by atoms with Crippen molar-refractivity contribution < 1.29 is 14.8 Å². The maximum atomic E-state index is 11.2. The number of carboxylic acid groups (broad SMARTS) is 1. The van der Waals surface area contributed by atoms with Crippen LogP contribution >= 0.6 is 0 Å². The number of hydrogen-bond donors (Lipinski definition) is 2. The first kappa shape index (κ1) is 14.5. The van der Waals surface area contributed by atoms with Crippen LogP contribution in [0.2, 0.25) is 0 Å². The molecule has 0 aromatic heterocycles. The molecule has 0 aliphatic heterocycles. The van der Waals surface area contributed by atoms with Gasteiger partial charge < -0.3 is 10.4 Å². The normalized spacial score (nSPS) is 10.2. The Morgan fingerprint density at radius 1 is 1.14 bits per heavy atom. The highest BCUT2D eigenvalue weighted by atomic mass is 16.6. The molecule has 0 unspecified atom stereocenters. The van der Waals surface area contributed by atoms with Crippen LogP contribution in [-0.2, 0) is 0 Å². The Morgan fingerprint density at radius 2 is 1.86 bits per heavy atom. The predicted octanol–water partition coefficient (Wildman–Crippen LogP) is 3.65. The molecule has 108 valence electrons. The Labute approximate surface area is 121 Å². The zero-order valence-electron chi connectivity index (χ0n) is 11.6. The lowest BCUT2D eigenvalue weighted by Gasteiger charge is -2.11. The molecule has 0 saturated heterocycles. The van der Waals surface area contributed by atoms with Crippen molar-refractivity contribution in [1.29, 1.82) is 0 Å². The third-order valence-corrected chi connectivity index (χ3v) is 3.23. The maximum absolute atomic E-state index is 11.2. The lowest BCUT2D eigenvalue weighted by molar-refractivity contribution is -0.384. The number of nitrogens with one attached hydrogen (secondary N) is 1. The quantitative estimate of drug-likeness (QED) is 0.661. The molecule has 21 heavy (non-hydrogen) atoms. The van der Waals surface area contributed by atoms with Gasteiger partial charge in [0.15, 0.2) is 0 Å². The molecule has 0 amide bonds. The number of carboxylic acids is 1. The summed E-state index contributed by atoms with van der Waals surface area (Å²) < 4.78 is 0. The summed E-state index contributed by atoms with van der Waals surface area (Å²) in [6, 6.07) is 9.36. The Kier molecular flexibility index (Phi) is 3.89. The fraction of sp³-hybridized carbons (Fsp3) is 0.133. The molecular formula is C15H14N2O4. The first-order chi connectivity index (χ1) is 9.88. The van der Waals surface area contributed by atoms with Crippen molar-refractivity contribution in [3.8, 4) is 0 Å². The second kappa shape index (κ2) is 5.62. The summed E-state index contributed by atoms with van der Waals surface area (Å²) in [5.41, 5.74) is 2.85. The molecule has 2 aromatic rings. The van der Waals surface area contributed by atoms with Gasteiger partial charge in [-0.1, -0.05) is 6.07 Å². The Bertz CT molecular complexity index is 726. The van der Waals surface area contributed by atoms with E-state index in [1.54, 1.807) is 0 Å². The van der Waals surface area contributed by atoms with Crippen LogP contribution in [0, 0.1) is 24.0 Å². The first-order valence-electron chi connectivity index (χ1n) is 6.24.